The molecule has 41 heavy (non-hydrogen) atoms. The van der Waals surface area contributed by atoms with E-state index in [0.717, 1.165) is 42.9 Å². The van der Waals surface area contributed by atoms with Crippen LogP contribution in [0.1, 0.15) is 68.4 Å². The van der Waals surface area contributed by atoms with Gasteiger partial charge in [0.1, 0.15) is 5.82 Å². The highest BCUT2D eigenvalue weighted by molar-refractivity contribution is 7.98. The second-order valence-corrected chi connectivity index (χ2v) is 12.9. The van der Waals surface area contributed by atoms with Crippen LogP contribution in [0.2, 0.25) is 0 Å². The Hall–Kier alpha value is -3.22. The molecular weight excluding hydrogens is 555 g/mol. The summed E-state index contributed by atoms with van der Waals surface area (Å²) in [5.74, 6) is 1.49. The second kappa shape index (κ2) is 10.2. The summed E-state index contributed by atoms with van der Waals surface area (Å²) in [6.07, 6.45) is 2.67. The molecule has 4 bridgehead atoms. The van der Waals surface area contributed by atoms with Gasteiger partial charge in [-0.1, -0.05) is 0 Å². The number of anilines is 1. The van der Waals surface area contributed by atoms with E-state index >= 15 is 0 Å². The molecule has 1 unspecified atom stereocenters. The molecule has 3 aromatic heterocycles. The number of fused-ring (bicyclic) bond motifs is 6. The number of ether oxygens (including phenoxy) is 1. The van der Waals surface area contributed by atoms with E-state index in [1.54, 1.807) is 24.4 Å². The van der Waals surface area contributed by atoms with Gasteiger partial charge in [0.15, 0.2) is 5.82 Å². The van der Waals surface area contributed by atoms with Gasteiger partial charge in [0.25, 0.3) is 5.91 Å². The summed E-state index contributed by atoms with van der Waals surface area (Å²) in [6, 6.07) is 5.08. The number of nitrogens with one attached hydrogen (secondary N) is 1. The molecule has 0 radical (unpaired) electrons. The Morgan fingerprint density at radius 3 is 2.76 bits per heavy atom. The number of aryl methyl sites for hydroxylation is 2. The number of carbonyl (C=O) groups is 1. The third-order valence-electron chi connectivity index (χ3n) is 8.56. The van der Waals surface area contributed by atoms with Gasteiger partial charge in [0.05, 0.1) is 28.2 Å². The molecule has 13 heteroatoms. The van der Waals surface area contributed by atoms with Gasteiger partial charge in [-0.15, -0.1) is 5.10 Å². The van der Waals surface area contributed by atoms with Crippen LogP contribution >= 0.6 is 11.9 Å². The molecule has 3 aromatic rings. The summed E-state index contributed by atoms with van der Waals surface area (Å²) in [4.78, 5) is 21.5. The lowest BCUT2D eigenvalue weighted by molar-refractivity contribution is -0.190. The molecule has 1 N–H and O–H groups in total. The zero-order chi connectivity index (χ0) is 29.0. The third-order valence-corrected chi connectivity index (χ3v) is 9.47. The van der Waals surface area contributed by atoms with Crippen molar-refractivity contribution < 1.29 is 22.7 Å². The lowest BCUT2D eigenvalue weighted by Crippen LogP contribution is -2.40. The number of nitrogens with zero attached hydrogens (tertiary/aromatic N) is 6. The lowest BCUT2D eigenvalue weighted by Gasteiger charge is -2.34. The van der Waals surface area contributed by atoms with Crippen LogP contribution in [0, 0.1) is 18.3 Å². The van der Waals surface area contributed by atoms with E-state index in [9.17, 15) is 18.0 Å². The van der Waals surface area contributed by atoms with Gasteiger partial charge >= 0.3 is 6.18 Å². The molecule has 6 rings (SSSR count). The fourth-order valence-electron chi connectivity index (χ4n) is 6.00. The van der Waals surface area contributed by atoms with Crippen LogP contribution in [0.3, 0.4) is 0 Å². The van der Waals surface area contributed by atoms with Crippen LogP contribution in [0.15, 0.2) is 35.5 Å². The maximum Gasteiger partial charge on any atom is 0.394 e. The Kier molecular flexibility index (Phi) is 6.98. The molecule has 9 nitrogen and oxygen atoms in total. The fourth-order valence-corrected chi connectivity index (χ4v) is 6.68. The van der Waals surface area contributed by atoms with E-state index in [2.05, 4.69) is 33.7 Å². The summed E-state index contributed by atoms with van der Waals surface area (Å²) < 4.78 is 51.8. The van der Waals surface area contributed by atoms with Gasteiger partial charge < -0.3 is 9.64 Å². The minimum absolute atomic E-state index is 0.0618. The molecule has 0 spiro atoms. The number of alkyl halides is 3. The van der Waals surface area contributed by atoms with Gasteiger partial charge in [-0.3, -0.25) is 14.2 Å². The van der Waals surface area contributed by atoms with E-state index in [1.807, 2.05) is 17.8 Å². The van der Waals surface area contributed by atoms with Crippen molar-refractivity contribution in [3.05, 3.63) is 41.9 Å². The number of halogens is 3. The van der Waals surface area contributed by atoms with E-state index in [1.165, 1.54) is 16.6 Å². The molecule has 2 aliphatic heterocycles. The standard InChI is InChI=1S/C28H34F3N7O2S/c1-18-21-17-36(33-18)12-4-5-19-15-26(2,3)37(16-19)24-20(25(39)35-41-21)6-7-22(32-24)38-13-8-23(34-38)40-14-11-27(9-10-27)28(29,30)31/h6-8,13,17,19H,4-5,9-12,14-16H2,1-3H3,(H,35,39). The highest BCUT2D eigenvalue weighted by atomic mass is 32.2. The zero-order valence-corrected chi connectivity index (χ0v) is 24.2. The van der Waals surface area contributed by atoms with E-state index in [0.29, 0.717) is 23.1 Å². The Bertz CT molecular complexity index is 1450. The molecule has 2 fully saturated rings. The summed E-state index contributed by atoms with van der Waals surface area (Å²) in [5, 5.41) is 9.02. The molecule has 1 amide bonds. The molecular formula is C28H34F3N7O2S. The molecule has 0 aromatic carbocycles. The number of pyridine rings is 1. The highest BCUT2D eigenvalue weighted by Gasteiger charge is 2.62. The number of rotatable bonds is 5. The quantitative estimate of drug-likeness (QED) is 0.381. The minimum Gasteiger partial charge on any atom is -0.477 e. The van der Waals surface area contributed by atoms with Gasteiger partial charge in [-0.2, -0.15) is 18.3 Å². The SMILES string of the molecule is Cc1nn2cc1SNC(=O)c1ccc(-n3ccc(OCCC4(C(F)(F)F)CC4)n3)nc1N1CC(CCC2)CC1(C)C. The average molecular weight is 590 g/mol. The van der Waals surface area contributed by atoms with Crippen LogP contribution in [-0.4, -0.2) is 55.3 Å². The number of carbonyl (C=O) groups excluding carboxylic acids is 1. The first-order valence-corrected chi connectivity index (χ1v) is 14.8. The predicted octanol–water partition coefficient (Wildman–Crippen LogP) is 5.72. The van der Waals surface area contributed by atoms with Gasteiger partial charge in [0, 0.05) is 37.1 Å². The van der Waals surface area contributed by atoms with Gasteiger partial charge in [0.2, 0.25) is 5.88 Å². The number of aromatic nitrogens is 5. The zero-order valence-electron chi connectivity index (χ0n) is 23.4. The maximum atomic E-state index is 13.5. The first-order chi connectivity index (χ1) is 19.4. The van der Waals surface area contributed by atoms with Crippen LogP contribution in [0.4, 0.5) is 19.0 Å². The van der Waals surface area contributed by atoms with Crippen LogP contribution in [-0.2, 0) is 6.54 Å². The van der Waals surface area contributed by atoms with Crippen molar-refractivity contribution in [2.45, 2.75) is 82.5 Å². The van der Waals surface area contributed by atoms with Crippen LogP contribution in [0.5, 0.6) is 5.88 Å². The van der Waals surface area contributed by atoms with Crippen molar-refractivity contribution >= 4 is 23.7 Å². The Morgan fingerprint density at radius 2 is 2.00 bits per heavy atom. The van der Waals surface area contributed by atoms with Crippen molar-refractivity contribution in [3.8, 4) is 11.7 Å². The molecule has 1 aliphatic carbocycles. The fraction of sp³-hybridized carbons (Fsp3) is 0.571. The molecule has 1 atom stereocenters. The topological polar surface area (TPSA) is 90.1 Å². The van der Waals surface area contributed by atoms with Crippen molar-refractivity contribution in [1.82, 2.24) is 29.3 Å². The van der Waals surface area contributed by atoms with E-state index in [-0.39, 0.29) is 43.2 Å². The second-order valence-electron chi connectivity index (χ2n) is 12.0. The summed E-state index contributed by atoms with van der Waals surface area (Å²) in [5.41, 5.74) is -0.502. The smallest absolute Gasteiger partial charge is 0.394 e. The van der Waals surface area contributed by atoms with E-state index < -0.39 is 11.6 Å². The molecule has 1 saturated carbocycles. The van der Waals surface area contributed by atoms with E-state index in [4.69, 9.17) is 9.72 Å². The van der Waals surface area contributed by atoms with Crippen LogP contribution in [0.25, 0.3) is 5.82 Å². The third kappa shape index (κ3) is 5.52. The minimum atomic E-state index is -4.21. The van der Waals surface area contributed by atoms with Crippen molar-refractivity contribution in [3.63, 3.8) is 0 Å². The first kappa shape index (κ1) is 27.9. The lowest BCUT2D eigenvalue weighted by atomic mass is 9.93. The van der Waals surface area contributed by atoms with Crippen molar-refractivity contribution in [2.24, 2.45) is 11.3 Å². The van der Waals surface area contributed by atoms with Crippen LogP contribution < -0.4 is 14.4 Å². The first-order valence-electron chi connectivity index (χ1n) is 14.0. The highest BCUT2D eigenvalue weighted by Crippen LogP contribution is 2.59. The predicted molar refractivity (Wildman–Crippen MR) is 148 cm³/mol. The maximum absolute atomic E-state index is 13.5. The van der Waals surface area contributed by atoms with Crippen molar-refractivity contribution in [2.75, 3.05) is 18.1 Å². The summed E-state index contributed by atoms with van der Waals surface area (Å²) in [7, 11) is 0. The number of amides is 1. The molecule has 5 heterocycles. The average Bonchev–Trinajstić information content (AvgIpc) is 3.26. The number of hydrogen-bond acceptors (Lipinski definition) is 7. The summed E-state index contributed by atoms with van der Waals surface area (Å²) >= 11 is 1.25. The monoisotopic (exact) mass is 589 g/mol. The molecule has 3 aliphatic rings. The van der Waals surface area contributed by atoms with Crippen molar-refractivity contribution in [1.29, 1.82) is 0 Å². The normalized spacial score (nSPS) is 21.7. The largest absolute Gasteiger partial charge is 0.477 e. The van der Waals surface area contributed by atoms with Gasteiger partial charge in [-0.05, 0) is 89.3 Å². The Morgan fingerprint density at radius 1 is 1.20 bits per heavy atom. The summed E-state index contributed by atoms with van der Waals surface area (Å²) in [6.45, 7) is 7.82. The molecule has 1 saturated heterocycles. The Labute approximate surface area is 241 Å². The Balaban J connectivity index is 1.26. The van der Waals surface area contributed by atoms with Gasteiger partial charge in [-0.25, -0.2) is 9.67 Å². The molecule has 220 valence electrons. The number of hydrogen-bond donors (Lipinski definition) is 1.